The van der Waals surface area contributed by atoms with Crippen LogP contribution in [0.15, 0.2) is 34.2 Å². The van der Waals surface area contributed by atoms with Crippen molar-refractivity contribution in [1.29, 1.82) is 0 Å². The number of hydrogen-bond donors (Lipinski definition) is 2. The SMILES string of the molecule is O=S(=O)(c1ncn[nH]1)n1c(CO)c(Br)c2ccc(F)cc21. The molecule has 2 N–H and O–H groups in total. The number of aromatic nitrogens is 4. The minimum atomic E-state index is -4.13. The smallest absolute Gasteiger partial charge is 0.303 e. The first-order valence-electron chi connectivity index (χ1n) is 5.67. The maximum Gasteiger partial charge on any atom is 0.303 e. The Hall–Kier alpha value is -1.78. The summed E-state index contributed by atoms with van der Waals surface area (Å²) in [4.78, 5) is 3.61. The van der Waals surface area contributed by atoms with Gasteiger partial charge in [-0.05, 0) is 34.1 Å². The number of nitrogens with zero attached hydrogens (tertiary/aromatic N) is 3. The quantitative estimate of drug-likeness (QED) is 0.721. The third kappa shape index (κ3) is 2.06. The highest BCUT2D eigenvalue weighted by molar-refractivity contribution is 9.10. The zero-order chi connectivity index (χ0) is 15.2. The standard InChI is InChI=1S/C11H8BrFN4O3S/c12-10-7-2-1-6(13)3-8(7)17(9(10)4-18)21(19,20)11-14-5-15-16-11/h1-3,5,18H,4H2,(H,14,15,16). The third-order valence-corrected chi connectivity index (χ3v) is 5.41. The van der Waals surface area contributed by atoms with E-state index in [0.29, 0.717) is 9.86 Å². The first-order valence-corrected chi connectivity index (χ1v) is 7.90. The number of rotatable bonds is 3. The molecule has 0 atom stereocenters. The minimum absolute atomic E-state index is 0.0759. The summed E-state index contributed by atoms with van der Waals surface area (Å²) >= 11 is 3.23. The molecule has 0 aliphatic heterocycles. The monoisotopic (exact) mass is 374 g/mol. The Morgan fingerprint density at radius 3 is 2.81 bits per heavy atom. The van der Waals surface area contributed by atoms with E-state index in [-0.39, 0.29) is 11.2 Å². The van der Waals surface area contributed by atoms with Crippen LogP contribution in [0.3, 0.4) is 0 Å². The first-order chi connectivity index (χ1) is 9.96. The average Bonchev–Trinajstić information content (AvgIpc) is 3.05. The molecule has 110 valence electrons. The lowest BCUT2D eigenvalue weighted by Gasteiger charge is -2.08. The van der Waals surface area contributed by atoms with Gasteiger partial charge in [0, 0.05) is 9.86 Å². The van der Waals surface area contributed by atoms with Gasteiger partial charge in [-0.15, -0.1) is 0 Å². The molecule has 7 nitrogen and oxygen atoms in total. The van der Waals surface area contributed by atoms with E-state index in [1.165, 1.54) is 12.1 Å². The van der Waals surface area contributed by atoms with Crippen LogP contribution in [-0.2, 0) is 16.6 Å². The predicted molar refractivity (Wildman–Crippen MR) is 74.5 cm³/mol. The van der Waals surface area contributed by atoms with Gasteiger partial charge < -0.3 is 5.11 Å². The van der Waals surface area contributed by atoms with Crippen molar-refractivity contribution in [2.75, 3.05) is 0 Å². The number of nitrogens with one attached hydrogen (secondary N) is 1. The van der Waals surface area contributed by atoms with Crippen LogP contribution in [-0.4, -0.2) is 32.7 Å². The summed E-state index contributed by atoms with van der Waals surface area (Å²) in [6, 6.07) is 3.72. The van der Waals surface area contributed by atoms with E-state index >= 15 is 0 Å². The lowest BCUT2D eigenvalue weighted by atomic mass is 10.2. The van der Waals surface area contributed by atoms with Gasteiger partial charge in [0.2, 0.25) is 0 Å². The molecule has 3 aromatic rings. The number of benzene rings is 1. The maximum atomic E-state index is 13.5. The molecular weight excluding hydrogens is 367 g/mol. The van der Waals surface area contributed by atoms with Crippen LogP contribution in [0.5, 0.6) is 0 Å². The topological polar surface area (TPSA) is 101 Å². The summed E-state index contributed by atoms with van der Waals surface area (Å²) in [5.41, 5.74) is 0.175. The van der Waals surface area contributed by atoms with Gasteiger partial charge in [-0.2, -0.15) is 13.5 Å². The van der Waals surface area contributed by atoms with Gasteiger partial charge in [0.05, 0.1) is 17.8 Å². The molecule has 3 rings (SSSR count). The molecule has 0 aliphatic rings. The Kier molecular flexibility index (Phi) is 3.30. The molecule has 0 saturated carbocycles. The molecular formula is C11H8BrFN4O3S. The second-order valence-corrected chi connectivity index (χ2v) is 6.64. The Labute approximate surface area is 126 Å². The number of hydrogen-bond acceptors (Lipinski definition) is 5. The molecule has 0 bridgehead atoms. The van der Waals surface area contributed by atoms with Gasteiger partial charge in [0.15, 0.2) is 0 Å². The summed E-state index contributed by atoms with van der Waals surface area (Å²) in [6.45, 7) is -0.551. The zero-order valence-electron chi connectivity index (χ0n) is 10.3. The van der Waals surface area contributed by atoms with Crippen LogP contribution in [0.4, 0.5) is 4.39 Å². The highest BCUT2D eigenvalue weighted by Gasteiger charge is 2.28. The second kappa shape index (κ2) is 4.90. The number of H-pyrrole nitrogens is 1. The largest absolute Gasteiger partial charge is 0.390 e. The van der Waals surface area contributed by atoms with Gasteiger partial charge in [0.25, 0.3) is 5.16 Å². The molecule has 0 unspecified atom stereocenters. The fraction of sp³-hybridized carbons (Fsp3) is 0.0909. The molecule has 0 spiro atoms. The van der Waals surface area contributed by atoms with E-state index < -0.39 is 27.6 Å². The van der Waals surface area contributed by atoms with E-state index in [1.807, 2.05) is 0 Å². The van der Waals surface area contributed by atoms with Crippen LogP contribution < -0.4 is 0 Å². The highest BCUT2D eigenvalue weighted by Crippen LogP contribution is 2.34. The Balaban J connectivity index is 2.44. The number of fused-ring (bicyclic) bond motifs is 1. The molecule has 0 fully saturated rings. The van der Waals surface area contributed by atoms with Gasteiger partial charge >= 0.3 is 10.0 Å². The van der Waals surface area contributed by atoms with Crippen molar-refractivity contribution in [3.8, 4) is 0 Å². The summed E-state index contributed by atoms with van der Waals surface area (Å²) in [7, 11) is -4.13. The fourth-order valence-corrected chi connectivity index (χ4v) is 4.19. The van der Waals surface area contributed by atoms with Crippen molar-refractivity contribution in [3.63, 3.8) is 0 Å². The molecule has 0 radical (unpaired) electrons. The van der Waals surface area contributed by atoms with Crippen molar-refractivity contribution in [1.82, 2.24) is 19.2 Å². The third-order valence-electron chi connectivity index (χ3n) is 2.94. The van der Waals surface area contributed by atoms with Crippen LogP contribution in [0.2, 0.25) is 0 Å². The van der Waals surface area contributed by atoms with Gasteiger partial charge in [-0.3, -0.25) is 0 Å². The van der Waals surface area contributed by atoms with E-state index in [2.05, 4.69) is 31.1 Å². The van der Waals surface area contributed by atoms with Gasteiger partial charge in [-0.25, -0.2) is 18.4 Å². The second-order valence-electron chi connectivity index (χ2n) is 4.14. The van der Waals surface area contributed by atoms with E-state index in [4.69, 9.17) is 0 Å². The molecule has 2 heterocycles. The Morgan fingerprint density at radius 1 is 1.43 bits per heavy atom. The normalized spacial score (nSPS) is 12.1. The molecule has 0 saturated heterocycles. The van der Waals surface area contributed by atoms with Crippen LogP contribution in [0, 0.1) is 5.82 Å². The zero-order valence-corrected chi connectivity index (χ0v) is 12.7. The van der Waals surface area contributed by atoms with Gasteiger partial charge in [0.1, 0.15) is 12.1 Å². The lowest BCUT2D eigenvalue weighted by Crippen LogP contribution is -2.17. The Bertz CT molecular complexity index is 921. The molecule has 10 heteroatoms. The number of aliphatic hydroxyl groups excluding tert-OH is 1. The molecule has 1 aromatic carbocycles. The van der Waals surface area contributed by atoms with Gasteiger partial charge in [-0.1, -0.05) is 0 Å². The summed E-state index contributed by atoms with van der Waals surface area (Å²) in [6.07, 6.45) is 1.05. The summed E-state index contributed by atoms with van der Waals surface area (Å²) in [5, 5.41) is 15.3. The summed E-state index contributed by atoms with van der Waals surface area (Å²) < 4.78 is 39.9. The molecule has 0 aliphatic carbocycles. The average molecular weight is 375 g/mol. The van der Waals surface area contributed by atoms with E-state index in [0.717, 1.165) is 16.4 Å². The van der Waals surface area contributed by atoms with Crippen LogP contribution in [0.1, 0.15) is 5.69 Å². The van der Waals surface area contributed by atoms with Crippen molar-refractivity contribution in [2.45, 2.75) is 11.8 Å². The molecule has 0 amide bonds. The van der Waals surface area contributed by atoms with E-state index in [9.17, 15) is 17.9 Å². The van der Waals surface area contributed by atoms with Crippen molar-refractivity contribution in [2.24, 2.45) is 0 Å². The van der Waals surface area contributed by atoms with Crippen LogP contribution in [0.25, 0.3) is 10.9 Å². The van der Waals surface area contributed by atoms with Crippen molar-refractivity contribution < 1.29 is 17.9 Å². The number of aliphatic hydroxyl groups is 1. The lowest BCUT2D eigenvalue weighted by molar-refractivity contribution is 0.275. The summed E-state index contributed by atoms with van der Waals surface area (Å²) in [5.74, 6) is -0.592. The maximum absolute atomic E-state index is 13.5. The van der Waals surface area contributed by atoms with Crippen molar-refractivity contribution in [3.05, 3.63) is 40.5 Å². The fourth-order valence-electron chi connectivity index (χ4n) is 2.06. The molecule has 2 aromatic heterocycles. The Morgan fingerprint density at radius 2 is 2.19 bits per heavy atom. The van der Waals surface area contributed by atoms with E-state index in [1.54, 1.807) is 0 Å². The predicted octanol–water partition coefficient (Wildman–Crippen LogP) is 1.39. The number of aromatic amines is 1. The van der Waals surface area contributed by atoms with Crippen LogP contribution >= 0.6 is 15.9 Å². The first kappa shape index (κ1) is 14.2. The minimum Gasteiger partial charge on any atom is -0.390 e. The molecule has 21 heavy (non-hydrogen) atoms. The van der Waals surface area contributed by atoms with Crippen molar-refractivity contribution >= 4 is 36.9 Å². The number of halogens is 2. The highest BCUT2D eigenvalue weighted by atomic mass is 79.9.